The lowest BCUT2D eigenvalue weighted by Gasteiger charge is -2.08. The van der Waals surface area contributed by atoms with Crippen LogP contribution in [0, 0.1) is 5.41 Å². The van der Waals surface area contributed by atoms with Crippen molar-refractivity contribution >= 4 is 33.5 Å². The minimum atomic E-state index is 0.258. The normalized spacial score (nSPS) is 11.8. The summed E-state index contributed by atoms with van der Waals surface area (Å²) in [5.74, 6) is 1.04. The number of nitrogens with one attached hydrogen (secondary N) is 1. The van der Waals surface area contributed by atoms with Crippen LogP contribution in [0.15, 0.2) is 108 Å². The SMILES string of the molecule is C/C(=N\C(=N)c1ccc(-c2ccccc2)cc1)n1c2ccccc2c2ccccc21. The summed E-state index contributed by atoms with van der Waals surface area (Å²) >= 11 is 0. The minimum absolute atomic E-state index is 0.258. The van der Waals surface area contributed by atoms with E-state index in [0.29, 0.717) is 0 Å². The number of hydrogen-bond donors (Lipinski definition) is 1. The largest absolute Gasteiger partial charge is 0.297 e. The maximum atomic E-state index is 8.55. The van der Waals surface area contributed by atoms with Gasteiger partial charge in [-0.15, -0.1) is 0 Å². The molecule has 0 bridgehead atoms. The molecule has 3 heteroatoms. The molecule has 144 valence electrons. The maximum Gasteiger partial charge on any atom is 0.153 e. The van der Waals surface area contributed by atoms with Crippen LogP contribution in [0.4, 0.5) is 0 Å². The highest BCUT2D eigenvalue weighted by atomic mass is 15.1. The summed E-state index contributed by atoms with van der Waals surface area (Å²) in [4.78, 5) is 4.66. The highest BCUT2D eigenvalue weighted by molar-refractivity contribution is 6.16. The van der Waals surface area contributed by atoms with Gasteiger partial charge in [0.25, 0.3) is 0 Å². The van der Waals surface area contributed by atoms with Crippen molar-refractivity contribution in [1.82, 2.24) is 4.57 Å². The van der Waals surface area contributed by atoms with Crippen LogP contribution in [-0.4, -0.2) is 16.2 Å². The van der Waals surface area contributed by atoms with Gasteiger partial charge in [-0.05, 0) is 30.2 Å². The van der Waals surface area contributed by atoms with E-state index in [2.05, 4.69) is 58.1 Å². The average Bonchev–Trinajstić information content (AvgIpc) is 3.14. The number of aliphatic imine (C=N–C) groups is 1. The van der Waals surface area contributed by atoms with Gasteiger partial charge >= 0.3 is 0 Å². The molecule has 0 saturated carbocycles. The van der Waals surface area contributed by atoms with Crippen LogP contribution in [0.5, 0.6) is 0 Å². The van der Waals surface area contributed by atoms with Gasteiger partial charge in [0.05, 0.1) is 11.0 Å². The lowest BCUT2D eigenvalue weighted by Crippen LogP contribution is -2.10. The second kappa shape index (κ2) is 7.45. The summed E-state index contributed by atoms with van der Waals surface area (Å²) in [5, 5.41) is 10.9. The first-order valence-electron chi connectivity index (χ1n) is 10.0. The summed E-state index contributed by atoms with van der Waals surface area (Å²) in [5.41, 5.74) is 5.31. The number of amidine groups is 1. The first-order valence-corrected chi connectivity index (χ1v) is 10.0. The van der Waals surface area contributed by atoms with E-state index in [0.717, 1.165) is 28.0 Å². The second-order valence-electron chi connectivity index (χ2n) is 7.32. The molecule has 5 aromatic rings. The predicted molar refractivity (Wildman–Crippen MR) is 127 cm³/mol. The molecule has 0 aliphatic rings. The van der Waals surface area contributed by atoms with Crippen LogP contribution < -0.4 is 0 Å². The number of fused-ring (bicyclic) bond motifs is 3. The third-order valence-electron chi connectivity index (χ3n) is 5.44. The molecule has 30 heavy (non-hydrogen) atoms. The lowest BCUT2D eigenvalue weighted by molar-refractivity contribution is 1.24. The molecule has 1 aromatic heterocycles. The maximum absolute atomic E-state index is 8.55. The van der Waals surface area contributed by atoms with Crippen molar-refractivity contribution in [2.75, 3.05) is 0 Å². The van der Waals surface area contributed by atoms with E-state index in [1.807, 2.05) is 61.5 Å². The van der Waals surface area contributed by atoms with Crippen molar-refractivity contribution in [3.63, 3.8) is 0 Å². The molecule has 3 nitrogen and oxygen atoms in total. The molecule has 4 aromatic carbocycles. The first-order chi connectivity index (χ1) is 14.7. The zero-order valence-corrected chi connectivity index (χ0v) is 16.7. The van der Waals surface area contributed by atoms with Gasteiger partial charge in [-0.25, -0.2) is 4.99 Å². The van der Waals surface area contributed by atoms with Crippen LogP contribution >= 0.6 is 0 Å². The van der Waals surface area contributed by atoms with Crippen molar-refractivity contribution in [1.29, 1.82) is 5.41 Å². The summed E-state index contributed by atoms with van der Waals surface area (Å²) in [6, 6.07) is 34.9. The molecule has 5 rings (SSSR count). The Balaban J connectivity index is 1.53. The quantitative estimate of drug-likeness (QED) is 0.257. The van der Waals surface area contributed by atoms with Crippen LogP contribution in [-0.2, 0) is 0 Å². The van der Waals surface area contributed by atoms with Gasteiger partial charge in [-0.3, -0.25) is 9.98 Å². The first kappa shape index (κ1) is 18.1. The monoisotopic (exact) mass is 387 g/mol. The highest BCUT2D eigenvalue weighted by Crippen LogP contribution is 2.28. The summed E-state index contributed by atoms with van der Waals surface area (Å²) < 4.78 is 2.14. The van der Waals surface area contributed by atoms with E-state index in [4.69, 9.17) is 5.41 Å². The molecule has 0 aliphatic heterocycles. The van der Waals surface area contributed by atoms with Gasteiger partial charge in [0.1, 0.15) is 5.84 Å². The molecule has 0 atom stereocenters. The van der Waals surface area contributed by atoms with Crippen LogP contribution in [0.3, 0.4) is 0 Å². The Morgan fingerprint density at radius 3 is 1.73 bits per heavy atom. The van der Waals surface area contributed by atoms with Crippen molar-refractivity contribution in [3.8, 4) is 11.1 Å². The third-order valence-corrected chi connectivity index (χ3v) is 5.44. The molecule has 1 N–H and O–H groups in total. The number of benzene rings is 4. The standard InChI is InChI=1S/C27H21N3/c1-19(30-25-13-7-5-11-23(25)24-12-6-8-14-26(24)30)29-27(28)22-17-15-21(16-18-22)20-9-3-2-4-10-20/h2-18,28H,1H3/b28-27?,29-19+. The Bertz CT molecular complexity index is 1340. The molecular formula is C27H21N3. The van der Waals surface area contributed by atoms with E-state index in [-0.39, 0.29) is 5.84 Å². The highest BCUT2D eigenvalue weighted by Gasteiger charge is 2.12. The van der Waals surface area contributed by atoms with Gasteiger partial charge < -0.3 is 0 Å². The Kier molecular flexibility index (Phi) is 4.49. The van der Waals surface area contributed by atoms with Crippen LogP contribution in [0.2, 0.25) is 0 Å². The van der Waals surface area contributed by atoms with Crippen molar-refractivity contribution < 1.29 is 0 Å². The number of rotatable bonds is 2. The summed E-state index contributed by atoms with van der Waals surface area (Å²) in [7, 11) is 0. The number of hydrogen-bond acceptors (Lipinski definition) is 1. The van der Waals surface area contributed by atoms with Crippen molar-refractivity contribution in [2.45, 2.75) is 6.92 Å². The number of para-hydroxylation sites is 2. The predicted octanol–water partition coefficient (Wildman–Crippen LogP) is 6.75. The molecule has 0 spiro atoms. The molecule has 0 unspecified atom stereocenters. The number of aromatic nitrogens is 1. The topological polar surface area (TPSA) is 41.1 Å². The molecule has 0 aliphatic carbocycles. The molecule has 0 fully saturated rings. The van der Waals surface area contributed by atoms with Gasteiger partial charge in [0, 0.05) is 16.3 Å². The van der Waals surface area contributed by atoms with Crippen molar-refractivity contribution in [3.05, 3.63) is 109 Å². The van der Waals surface area contributed by atoms with E-state index in [1.54, 1.807) is 0 Å². The molecule has 1 heterocycles. The second-order valence-corrected chi connectivity index (χ2v) is 7.32. The zero-order valence-electron chi connectivity index (χ0n) is 16.7. The van der Waals surface area contributed by atoms with E-state index >= 15 is 0 Å². The van der Waals surface area contributed by atoms with E-state index in [9.17, 15) is 0 Å². The van der Waals surface area contributed by atoms with Crippen LogP contribution in [0.1, 0.15) is 12.5 Å². The Labute approximate surface area is 175 Å². The summed E-state index contributed by atoms with van der Waals surface area (Å²) in [6.45, 7) is 1.96. The minimum Gasteiger partial charge on any atom is -0.297 e. The smallest absolute Gasteiger partial charge is 0.153 e. The fourth-order valence-corrected chi connectivity index (χ4v) is 4.00. The van der Waals surface area contributed by atoms with Gasteiger partial charge in [-0.1, -0.05) is 91.0 Å². The van der Waals surface area contributed by atoms with Gasteiger partial charge in [0.15, 0.2) is 5.84 Å². The van der Waals surface area contributed by atoms with Crippen molar-refractivity contribution in [2.24, 2.45) is 4.99 Å². The zero-order chi connectivity index (χ0) is 20.5. The van der Waals surface area contributed by atoms with Gasteiger partial charge in [-0.2, -0.15) is 0 Å². The van der Waals surface area contributed by atoms with Crippen LogP contribution in [0.25, 0.3) is 32.9 Å². The Hall–Kier alpha value is -3.98. The molecule has 0 saturated heterocycles. The Morgan fingerprint density at radius 1 is 0.633 bits per heavy atom. The average molecular weight is 387 g/mol. The third kappa shape index (κ3) is 3.11. The van der Waals surface area contributed by atoms with Gasteiger partial charge in [0.2, 0.25) is 0 Å². The number of nitrogens with zero attached hydrogens (tertiary/aromatic N) is 2. The molecule has 0 radical (unpaired) electrons. The lowest BCUT2D eigenvalue weighted by atomic mass is 10.0. The molecular weight excluding hydrogens is 366 g/mol. The fraction of sp³-hybridized carbons (Fsp3) is 0.0370. The Morgan fingerprint density at radius 2 is 1.13 bits per heavy atom. The van der Waals surface area contributed by atoms with E-state index < -0.39 is 0 Å². The molecule has 0 amide bonds. The van der Waals surface area contributed by atoms with E-state index in [1.165, 1.54) is 16.3 Å². The summed E-state index contributed by atoms with van der Waals surface area (Å²) in [6.07, 6.45) is 0. The fourth-order valence-electron chi connectivity index (χ4n) is 4.00.